The van der Waals surface area contributed by atoms with Gasteiger partial charge in [-0.1, -0.05) is 24.3 Å². The zero-order valence-corrected chi connectivity index (χ0v) is 18.1. The Balaban J connectivity index is 1.39. The van der Waals surface area contributed by atoms with Crippen molar-refractivity contribution < 1.29 is 19.0 Å². The summed E-state index contributed by atoms with van der Waals surface area (Å²) >= 11 is 0. The van der Waals surface area contributed by atoms with Gasteiger partial charge in [-0.3, -0.25) is 14.7 Å². The van der Waals surface area contributed by atoms with Crippen molar-refractivity contribution in [1.82, 2.24) is 9.88 Å². The molecule has 162 valence electrons. The lowest BCUT2D eigenvalue weighted by Gasteiger charge is -2.30. The topological polar surface area (TPSA) is 60.9 Å². The Morgan fingerprint density at radius 1 is 1.22 bits per heavy atom. The Hall–Kier alpha value is -3.64. The molecule has 0 N–H and O–H groups in total. The van der Waals surface area contributed by atoms with E-state index in [4.69, 9.17) is 14.2 Å². The normalized spacial score (nSPS) is 16.3. The number of aryl methyl sites for hydroxylation is 1. The highest BCUT2D eigenvalue weighted by atomic mass is 16.5. The van der Waals surface area contributed by atoms with Crippen molar-refractivity contribution in [2.75, 3.05) is 20.4 Å². The van der Waals surface area contributed by atoms with Crippen LogP contribution in [-0.4, -0.2) is 36.1 Å². The van der Waals surface area contributed by atoms with Gasteiger partial charge in [-0.2, -0.15) is 0 Å². The maximum Gasteiger partial charge on any atom is 0.232 e. The molecular formula is C26H24N2O4. The van der Waals surface area contributed by atoms with E-state index in [0.29, 0.717) is 30.3 Å². The first-order valence-corrected chi connectivity index (χ1v) is 10.6. The van der Waals surface area contributed by atoms with E-state index in [1.807, 2.05) is 43.3 Å². The number of carbonyl (C=O) groups is 1. The van der Waals surface area contributed by atoms with E-state index in [0.717, 1.165) is 46.7 Å². The molecule has 0 radical (unpaired) electrons. The van der Waals surface area contributed by atoms with Crippen LogP contribution in [0.4, 0.5) is 0 Å². The van der Waals surface area contributed by atoms with Gasteiger partial charge in [0.05, 0.1) is 18.2 Å². The molecule has 0 amide bonds. The number of rotatable bonds is 5. The molecule has 0 bridgehead atoms. The summed E-state index contributed by atoms with van der Waals surface area (Å²) in [4.78, 5) is 19.4. The summed E-state index contributed by atoms with van der Waals surface area (Å²) in [6.07, 6.45) is 5.98. The fourth-order valence-electron chi connectivity index (χ4n) is 4.22. The molecule has 0 fully saturated rings. The summed E-state index contributed by atoms with van der Waals surface area (Å²) in [6.45, 7) is 3.87. The van der Waals surface area contributed by atoms with Gasteiger partial charge >= 0.3 is 0 Å². The minimum atomic E-state index is -0.102. The molecule has 5 rings (SSSR count). The molecule has 2 aliphatic rings. The number of nitrogens with zero attached hydrogens (tertiary/aromatic N) is 2. The summed E-state index contributed by atoms with van der Waals surface area (Å²) in [7, 11) is 1.69. The monoisotopic (exact) mass is 428 g/mol. The van der Waals surface area contributed by atoms with Crippen molar-refractivity contribution >= 4 is 11.9 Å². The highest BCUT2D eigenvalue weighted by molar-refractivity contribution is 6.15. The quantitative estimate of drug-likeness (QED) is 0.561. The zero-order chi connectivity index (χ0) is 22.1. The maximum atomic E-state index is 13.1. The molecular weight excluding hydrogens is 404 g/mol. The third-order valence-electron chi connectivity index (χ3n) is 5.86. The summed E-state index contributed by atoms with van der Waals surface area (Å²) in [5.41, 5.74) is 4.38. The highest BCUT2D eigenvalue weighted by Gasteiger charge is 2.35. The number of ketones is 1. The number of para-hydroxylation sites is 1. The highest BCUT2D eigenvalue weighted by Crippen LogP contribution is 2.44. The number of aromatic nitrogens is 1. The third-order valence-corrected chi connectivity index (χ3v) is 5.86. The van der Waals surface area contributed by atoms with Crippen molar-refractivity contribution in [3.05, 3.63) is 88.4 Å². The van der Waals surface area contributed by atoms with E-state index in [2.05, 4.69) is 16.0 Å². The van der Waals surface area contributed by atoms with Gasteiger partial charge in [0.25, 0.3) is 0 Å². The SMILES string of the molecule is COc1ccccc1CCN1COc2cc(C)c3c(c2C1)O/C(=C\c1cccnc1)C3=O. The van der Waals surface area contributed by atoms with Crippen LogP contribution in [-0.2, 0) is 13.0 Å². The molecule has 0 saturated carbocycles. The van der Waals surface area contributed by atoms with Gasteiger partial charge in [-0.25, -0.2) is 0 Å². The van der Waals surface area contributed by atoms with E-state index in [-0.39, 0.29) is 5.78 Å². The Morgan fingerprint density at radius 2 is 2.09 bits per heavy atom. The van der Waals surface area contributed by atoms with Gasteiger partial charge in [0.15, 0.2) is 5.76 Å². The summed E-state index contributed by atoms with van der Waals surface area (Å²) < 4.78 is 17.6. The Labute approximate surface area is 187 Å². The van der Waals surface area contributed by atoms with Crippen molar-refractivity contribution in [2.24, 2.45) is 0 Å². The standard InChI is InChI=1S/C26H24N2O4/c1-17-12-22-20(15-28(16-31-22)11-9-19-7-3-4-8-21(19)30-2)26-24(17)25(29)23(32-26)13-18-6-5-10-27-14-18/h3-8,10,12-14H,9,11,15-16H2,1-2H3/b23-13-. The first-order chi connectivity index (χ1) is 15.6. The molecule has 2 aromatic carbocycles. The lowest BCUT2D eigenvalue weighted by atomic mass is 9.98. The molecule has 6 heteroatoms. The predicted molar refractivity (Wildman–Crippen MR) is 121 cm³/mol. The number of hydrogen-bond acceptors (Lipinski definition) is 6. The van der Waals surface area contributed by atoms with Gasteiger partial charge in [0, 0.05) is 25.5 Å². The first kappa shape index (κ1) is 20.3. The van der Waals surface area contributed by atoms with E-state index < -0.39 is 0 Å². The van der Waals surface area contributed by atoms with Crippen molar-refractivity contribution in [3.63, 3.8) is 0 Å². The number of methoxy groups -OCH3 is 1. The molecule has 3 heterocycles. The number of ether oxygens (including phenoxy) is 3. The number of benzene rings is 2. The van der Waals surface area contributed by atoms with Gasteiger partial charge < -0.3 is 14.2 Å². The fourth-order valence-corrected chi connectivity index (χ4v) is 4.22. The average Bonchev–Trinajstić information content (AvgIpc) is 3.15. The maximum absolute atomic E-state index is 13.1. The van der Waals surface area contributed by atoms with E-state index in [1.54, 1.807) is 25.6 Å². The molecule has 0 saturated heterocycles. The number of Topliss-reactive ketones (excluding diaryl/α,β-unsaturated/α-hetero) is 1. The second kappa shape index (κ2) is 8.48. The van der Waals surface area contributed by atoms with E-state index in [1.165, 1.54) is 0 Å². The van der Waals surface area contributed by atoms with Crippen LogP contribution in [0, 0.1) is 6.92 Å². The van der Waals surface area contributed by atoms with Crippen LogP contribution < -0.4 is 14.2 Å². The van der Waals surface area contributed by atoms with Crippen LogP contribution in [0.2, 0.25) is 0 Å². The lowest BCUT2D eigenvalue weighted by Crippen LogP contribution is -2.34. The van der Waals surface area contributed by atoms with E-state index in [9.17, 15) is 4.79 Å². The smallest absolute Gasteiger partial charge is 0.232 e. The van der Waals surface area contributed by atoms with Gasteiger partial charge in [-0.15, -0.1) is 0 Å². The molecule has 0 aliphatic carbocycles. The summed E-state index contributed by atoms with van der Waals surface area (Å²) in [5.74, 6) is 2.50. The number of pyridine rings is 1. The number of carbonyl (C=O) groups excluding carboxylic acids is 1. The molecule has 1 aromatic heterocycles. The molecule has 0 atom stereocenters. The Morgan fingerprint density at radius 3 is 2.91 bits per heavy atom. The first-order valence-electron chi connectivity index (χ1n) is 10.6. The largest absolute Gasteiger partial charge is 0.496 e. The van der Waals surface area contributed by atoms with Crippen molar-refractivity contribution in [2.45, 2.75) is 19.9 Å². The van der Waals surface area contributed by atoms with Crippen LogP contribution >= 0.6 is 0 Å². The predicted octanol–water partition coefficient (Wildman–Crippen LogP) is 4.41. The lowest BCUT2D eigenvalue weighted by molar-refractivity contribution is 0.0947. The number of fused-ring (bicyclic) bond motifs is 3. The van der Waals surface area contributed by atoms with Gasteiger partial charge in [0.2, 0.25) is 5.78 Å². The zero-order valence-electron chi connectivity index (χ0n) is 18.1. The molecule has 3 aromatic rings. The summed E-state index contributed by atoms with van der Waals surface area (Å²) in [6, 6.07) is 13.7. The second-order valence-corrected chi connectivity index (χ2v) is 7.99. The van der Waals surface area contributed by atoms with Crippen LogP contribution in [0.25, 0.3) is 6.08 Å². The second-order valence-electron chi connectivity index (χ2n) is 7.99. The van der Waals surface area contributed by atoms with Crippen LogP contribution in [0.15, 0.2) is 60.6 Å². The minimum Gasteiger partial charge on any atom is -0.496 e. The molecule has 0 spiro atoms. The van der Waals surface area contributed by atoms with Crippen LogP contribution in [0.5, 0.6) is 17.2 Å². The Bertz CT molecular complexity index is 1200. The van der Waals surface area contributed by atoms with E-state index >= 15 is 0 Å². The number of hydrogen-bond donors (Lipinski definition) is 0. The minimum absolute atomic E-state index is 0.102. The summed E-state index contributed by atoms with van der Waals surface area (Å²) in [5, 5.41) is 0. The fraction of sp³-hybridized carbons (Fsp3) is 0.231. The van der Waals surface area contributed by atoms with Gasteiger partial charge in [0.1, 0.15) is 24.0 Å². The molecule has 6 nitrogen and oxygen atoms in total. The van der Waals surface area contributed by atoms with Gasteiger partial charge in [-0.05, 0) is 54.3 Å². The molecule has 0 unspecified atom stereocenters. The van der Waals surface area contributed by atoms with Crippen molar-refractivity contribution in [1.29, 1.82) is 0 Å². The number of allylic oxidation sites excluding steroid dienone is 1. The third kappa shape index (κ3) is 3.74. The van der Waals surface area contributed by atoms with Crippen LogP contribution in [0.1, 0.15) is 32.6 Å². The molecule has 2 aliphatic heterocycles. The molecule has 32 heavy (non-hydrogen) atoms. The average molecular weight is 428 g/mol. The Kier molecular flexibility index (Phi) is 5.37. The van der Waals surface area contributed by atoms with Crippen LogP contribution in [0.3, 0.4) is 0 Å². The van der Waals surface area contributed by atoms with Crippen molar-refractivity contribution in [3.8, 4) is 17.2 Å².